The summed E-state index contributed by atoms with van der Waals surface area (Å²) < 4.78 is 10.9. The molecular weight excluding hydrogens is 192 g/mol. The lowest BCUT2D eigenvalue weighted by Gasteiger charge is -2.30. The first kappa shape index (κ1) is 10.9. The normalized spacial score (nSPS) is 39.9. The van der Waals surface area contributed by atoms with Gasteiger partial charge in [0.15, 0.2) is 0 Å². The SMILES string of the molecule is CCOC(=O)[C@H]1CCC[C@H]2O[C@@H](C)C[C@H]12. The largest absolute Gasteiger partial charge is 0.466 e. The Bertz CT molecular complexity index is 239. The van der Waals surface area contributed by atoms with Gasteiger partial charge in [0, 0.05) is 5.92 Å². The van der Waals surface area contributed by atoms with Crippen molar-refractivity contribution in [3.05, 3.63) is 0 Å². The number of fused-ring (bicyclic) bond motifs is 1. The summed E-state index contributed by atoms with van der Waals surface area (Å²) in [5, 5.41) is 0. The minimum Gasteiger partial charge on any atom is -0.466 e. The Morgan fingerprint density at radius 2 is 2.27 bits per heavy atom. The van der Waals surface area contributed by atoms with Crippen molar-refractivity contribution < 1.29 is 14.3 Å². The monoisotopic (exact) mass is 212 g/mol. The summed E-state index contributed by atoms with van der Waals surface area (Å²) in [7, 11) is 0. The molecule has 1 saturated carbocycles. The van der Waals surface area contributed by atoms with E-state index in [0.717, 1.165) is 25.7 Å². The Labute approximate surface area is 91.1 Å². The standard InChI is InChI=1S/C12H20O3/c1-3-14-12(13)9-5-4-6-11-10(9)7-8(2)15-11/h8-11H,3-7H2,1-2H3/t8-,9-,10+,11+/m0/s1. The molecule has 0 spiro atoms. The summed E-state index contributed by atoms with van der Waals surface area (Å²) in [6.45, 7) is 4.45. The summed E-state index contributed by atoms with van der Waals surface area (Å²) >= 11 is 0. The number of ether oxygens (including phenoxy) is 2. The second-order valence-electron chi connectivity index (χ2n) is 4.67. The van der Waals surface area contributed by atoms with Crippen LogP contribution < -0.4 is 0 Å². The zero-order valence-corrected chi connectivity index (χ0v) is 9.57. The van der Waals surface area contributed by atoms with Gasteiger partial charge < -0.3 is 9.47 Å². The van der Waals surface area contributed by atoms with Gasteiger partial charge in [0.2, 0.25) is 0 Å². The predicted molar refractivity (Wildman–Crippen MR) is 56.4 cm³/mol. The van der Waals surface area contributed by atoms with Crippen molar-refractivity contribution in [3.8, 4) is 0 Å². The molecule has 0 aromatic carbocycles. The summed E-state index contributed by atoms with van der Waals surface area (Å²) in [6.07, 6.45) is 4.84. The fourth-order valence-corrected chi connectivity index (χ4v) is 2.99. The fourth-order valence-electron chi connectivity index (χ4n) is 2.99. The van der Waals surface area contributed by atoms with Gasteiger partial charge >= 0.3 is 5.97 Å². The van der Waals surface area contributed by atoms with Gasteiger partial charge in [-0.05, 0) is 39.5 Å². The molecule has 1 saturated heterocycles. The highest BCUT2D eigenvalue weighted by Gasteiger charge is 2.44. The molecule has 0 radical (unpaired) electrons. The van der Waals surface area contributed by atoms with E-state index in [9.17, 15) is 4.79 Å². The minimum atomic E-state index is -0.00935. The Morgan fingerprint density at radius 3 is 3.00 bits per heavy atom. The number of carbonyl (C=O) groups is 1. The highest BCUT2D eigenvalue weighted by molar-refractivity contribution is 5.73. The number of hydrogen-bond acceptors (Lipinski definition) is 3. The quantitative estimate of drug-likeness (QED) is 0.658. The lowest BCUT2D eigenvalue weighted by atomic mass is 9.76. The van der Waals surface area contributed by atoms with Crippen molar-refractivity contribution in [2.75, 3.05) is 6.61 Å². The maximum Gasteiger partial charge on any atom is 0.309 e. The van der Waals surface area contributed by atoms with Crippen molar-refractivity contribution in [1.82, 2.24) is 0 Å². The number of rotatable bonds is 2. The molecule has 1 aliphatic carbocycles. The van der Waals surface area contributed by atoms with E-state index in [2.05, 4.69) is 6.92 Å². The van der Waals surface area contributed by atoms with Gasteiger partial charge in [-0.2, -0.15) is 0 Å². The molecule has 2 aliphatic rings. The third-order valence-corrected chi connectivity index (χ3v) is 3.60. The van der Waals surface area contributed by atoms with Crippen molar-refractivity contribution in [3.63, 3.8) is 0 Å². The van der Waals surface area contributed by atoms with E-state index >= 15 is 0 Å². The molecule has 1 aliphatic heterocycles. The average molecular weight is 212 g/mol. The molecule has 0 unspecified atom stereocenters. The van der Waals surface area contributed by atoms with Crippen LogP contribution in [-0.4, -0.2) is 24.8 Å². The Morgan fingerprint density at radius 1 is 1.47 bits per heavy atom. The Hall–Kier alpha value is -0.570. The van der Waals surface area contributed by atoms with E-state index in [4.69, 9.17) is 9.47 Å². The number of esters is 1. The smallest absolute Gasteiger partial charge is 0.309 e. The minimum absolute atomic E-state index is 0.00935. The maximum atomic E-state index is 11.8. The third-order valence-electron chi connectivity index (χ3n) is 3.60. The van der Waals surface area contributed by atoms with Crippen LogP contribution in [0.4, 0.5) is 0 Å². The summed E-state index contributed by atoms with van der Waals surface area (Å²) in [6, 6.07) is 0. The molecule has 0 amide bonds. The number of carbonyl (C=O) groups excluding carboxylic acids is 1. The molecule has 15 heavy (non-hydrogen) atoms. The fraction of sp³-hybridized carbons (Fsp3) is 0.917. The van der Waals surface area contributed by atoms with Gasteiger partial charge in [-0.15, -0.1) is 0 Å². The van der Waals surface area contributed by atoms with Crippen LogP contribution in [0.1, 0.15) is 39.5 Å². The molecule has 3 nitrogen and oxygen atoms in total. The highest BCUT2D eigenvalue weighted by atomic mass is 16.5. The van der Waals surface area contributed by atoms with Crippen LogP contribution in [0.25, 0.3) is 0 Å². The molecule has 2 rings (SSSR count). The first-order chi connectivity index (χ1) is 7.22. The summed E-state index contributed by atoms with van der Waals surface area (Å²) in [5.74, 6) is 0.492. The van der Waals surface area contributed by atoms with Gasteiger partial charge in [-0.3, -0.25) is 4.79 Å². The molecule has 2 fully saturated rings. The van der Waals surface area contributed by atoms with Gasteiger partial charge in [-0.25, -0.2) is 0 Å². The number of hydrogen-bond donors (Lipinski definition) is 0. The lowest BCUT2D eigenvalue weighted by Crippen LogP contribution is -2.35. The predicted octanol–water partition coefficient (Wildman–Crippen LogP) is 2.14. The molecule has 0 bridgehead atoms. The molecule has 0 N–H and O–H groups in total. The van der Waals surface area contributed by atoms with E-state index in [1.165, 1.54) is 0 Å². The van der Waals surface area contributed by atoms with Crippen molar-refractivity contribution >= 4 is 5.97 Å². The van der Waals surface area contributed by atoms with Gasteiger partial charge in [0.25, 0.3) is 0 Å². The maximum absolute atomic E-state index is 11.8. The van der Waals surface area contributed by atoms with E-state index in [-0.39, 0.29) is 11.9 Å². The lowest BCUT2D eigenvalue weighted by molar-refractivity contribution is -0.152. The van der Waals surface area contributed by atoms with Crippen LogP contribution in [0.3, 0.4) is 0 Å². The van der Waals surface area contributed by atoms with Crippen molar-refractivity contribution in [1.29, 1.82) is 0 Å². The second-order valence-corrected chi connectivity index (χ2v) is 4.67. The van der Waals surface area contributed by atoms with Gasteiger partial charge in [0.05, 0.1) is 24.7 Å². The third kappa shape index (κ3) is 2.17. The Kier molecular flexibility index (Phi) is 3.29. The van der Waals surface area contributed by atoms with Crippen LogP contribution in [0, 0.1) is 11.8 Å². The van der Waals surface area contributed by atoms with E-state index in [0.29, 0.717) is 24.7 Å². The highest BCUT2D eigenvalue weighted by Crippen LogP contribution is 2.41. The van der Waals surface area contributed by atoms with E-state index < -0.39 is 0 Å². The van der Waals surface area contributed by atoms with E-state index in [1.807, 2.05) is 6.92 Å². The second kappa shape index (κ2) is 4.52. The summed E-state index contributed by atoms with van der Waals surface area (Å²) in [5.41, 5.74) is 0. The molecular formula is C12H20O3. The zero-order chi connectivity index (χ0) is 10.8. The first-order valence-electron chi connectivity index (χ1n) is 6.04. The van der Waals surface area contributed by atoms with Crippen LogP contribution in [-0.2, 0) is 14.3 Å². The van der Waals surface area contributed by atoms with Crippen LogP contribution in [0.5, 0.6) is 0 Å². The molecule has 0 aromatic heterocycles. The Balaban J connectivity index is 2.02. The molecule has 1 heterocycles. The molecule has 0 aromatic rings. The average Bonchev–Trinajstić information content (AvgIpc) is 2.57. The van der Waals surface area contributed by atoms with Gasteiger partial charge in [0.1, 0.15) is 0 Å². The van der Waals surface area contributed by atoms with Crippen LogP contribution >= 0.6 is 0 Å². The summed E-state index contributed by atoms with van der Waals surface area (Å²) in [4.78, 5) is 11.8. The van der Waals surface area contributed by atoms with Crippen LogP contribution in [0.2, 0.25) is 0 Å². The zero-order valence-electron chi connectivity index (χ0n) is 9.57. The molecule has 3 heteroatoms. The topological polar surface area (TPSA) is 35.5 Å². The molecule has 4 atom stereocenters. The first-order valence-corrected chi connectivity index (χ1v) is 6.04. The van der Waals surface area contributed by atoms with Gasteiger partial charge in [-0.1, -0.05) is 0 Å². The van der Waals surface area contributed by atoms with Crippen molar-refractivity contribution in [2.45, 2.75) is 51.7 Å². The van der Waals surface area contributed by atoms with Crippen LogP contribution in [0.15, 0.2) is 0 Å². The van der Waals surface area contributed by atoms with Crippen molar-refractivity contribution in [2.24, 2.45) is 11.8 Å². The molecule has 86 valence electrons. The van der Waals surface area contributed by atoms with E-state index in [1.54, 1.807) is 0 Å².